The summed E-state index contributed by atoms with van der Waals surface area (Å²) in [6, 6.07) is 1.85. The second kappa shape index (κ2) is 5.85. The first-order chi connectivity index (χ1) is 13.2. The lowest BCUT2D eigenvalue weighted by molar-refractivity contribution is -0.235. The molecule has 152 valence electrons. The summed E-state index contributed by atoms with van der Waals surface area (Å²) >= 11 is 0. The van der Waals surface area contributed by atoms with Gasteiger partial charge in [0.1, 0.15) is 5.78 Å². The molecular weight excluding hydrogens is 352 g/mol. The van der Waals surface area contributed by atoms with Crippen LogP contribution in [-0.4, -0.2) is 31.8 Å². The quantitative estimate of drug-likeness (QED) is 0.775. The smallest absolute Gasteiger partial charge is 0.133 e. The Morgan fingerprint density at radius 3 is 2.57 bits per heavy atom. The second-order valence-corrected chi connectivity index (χ2v) is 10.5. The Morgan fingerprint density at radius 2 is 1.82 bits per heavy atom. The molecule has 5 nitrogen and oxygen atoms in total. The molecule has 0 radical (unpaired) electrons. The minimum atomic E-state index is -1.07. The molecule has 0 aliphatic heterocycles. The number of aromatic nitrogens is 2. The normalized spacial score (nSPS) is 50.6. The summed E-state index contributed by atoms with van der Waals surface area (Å²) in [4.78, 5) is 12.1. The molecule has 0 saturated heterocycles. The third-order valence-corrected chi connectivity index (χ3v) is 9.87. The predicted molar refractivity (Wildman–Crippen MR) is 104 cm³/mol. The third-order valence-electron chi connectivity index (χ3n) is 9.87. The summed E-state index contributed by atoms with van der Waals surface area (Å²) in [6.07, 6.45) is 10.7. The van der Waals surface area contributed by atoms with E-state index in [4.69, 9.17) is 0 Å². The monoisotopic (exact) mass is 384 g/mol. The highest BCUT2D eigenvalue weighted by Gasteiger charge is 2.72. The number of aliphatic hydroxyl groups is 2. The van der Waals surface area contributed by atoms with E-state index >= 15 is 0 Å². The van der Waals surface area contributed by atoms with Crippen molar-refractivity contribution in [1.82, 2.24) is 10.2 Å². The van der Waals surface area contributed by atoms with E-state index in [1.807, 2.05) is 6.07 Å². The molecule has 4 saturated carbocycles. The lowest BCUT2D eigenvalue weighted by Gasteiger charge is -2.63. The van der Waals surface area contributed by atoms with Crippen LogP contribution in [0, 0.1) is 28.6 Å². The Morgan fingerprint density at radius 1 is 1.00 bits per heavy atom. The minimum absolute atomic E-state index is 0.146. The van der Waals surface area contributed by atoms with Crippen molar-refractivity contribution in [1.29, 1.82) is 0 Å². The number of carbonyl (C=O) groups excluding carboxylic acids is 1. The zero-order valence-corrected chi connectivity index (χ0v) is 17.0. The van der Waals surface area contributed by atoms with Crippen LogP contribution in [0.1, 0.15) is 77.2 Å². The van der Waals surface area contributed by atoms with E-state index in [0.717, 1.165) is 44.1 Å². The summed E-state index contributed by atoms with van der Waals surface area (Å²) in [6.45, 7) is 4.47. The molecule has 1 aromatic rings. The first-order valence-electron chi connectivity index (χ1n) is 11.0. The van der Waals surface area contributed by atoms with Gasteiger partial charge in [0, 0.05) is 30.0 Å². The van der Waals surface area contributed by atoms with Crippen molar-refractivity contribution in [2.24, 2.45) is 28.6 Å². The number of hydrogen-bond donors (Lipinski definition) is 2. The highest BCUT2D eigenvalue weighted by Crippen LogP contribution is 2.71. The van der Waals surface area contributed by atoms with Crippen LogP contribution >= 0.6 is 0 Å². The molecule has 1 aromatic heterocycles. The van der Waals surface area contributed by atoms with Crippen molar-refractivity contribution in [3.8, 4) is 0 Å². The van der Waals surface area contributed by atoms with Crippen molar-refractivity contribution in [3.63, 3.8) is 0 Å². The first-order valence-corrected chi connectivity index (χ1v) is 11.0. The van der Waals surface area contributed by atoms with E-state index in [9.17, 15) is 15.0 Å². The lowest BCUT2D eigenvalue weighted by atomic mass is 9.43. The van der Waals surface area contributed by atoms with Gasteiger partial charge < -0.3 is 10.2 Å². The van der Waals surface area contributed by atoms with Gasteiger partial charge in [0.2, 0.25) is 0 Å². The van der Waals surface area contributed by atoms with Gasteiger partial charge >= 0.3 is 0 Å². The molecule has 7 atom stereocenters. The van der Waals surface area contributed by atoms with Crippen molar-refractivity contribution in [2.45, 2.75) is 82.8 Å². The Bertz CT molecular complexity index is 800. The van der Waals surface area contributed by atoms with Gasteiger partial charge in [-0.1, -0.05) is 13.8 Å². The highest BCUT2D eigenvalue weighted by atomic mass is 16.3. The van der Waals surface area contributed by atoms with Gasteiger partial charge in [-0.2, -0.15) is 10.2 Å². The zero-order valence-electron chi connectivity index (χ0n) is 17.0. The molecule has 28 heavy (non-hydrogen) atoms. The van der Waals surface area contributed by atoms with Crippen LogP contribution in [0.3, 0.4) is 0 Å². The second-order valence-electron chi connectivity index (χ2n) is 10.5. The van der Waals surface area contributed by atoms with Crippen LogP contribution in [0.5, 0.6) is 0 Å². The molecule has 0 aromatic carbocycles. The fourth-order valence-corrected chi connectivity index (χ4v) is 8.03. The third kappa shape index (κ3) is 2.12. The Hall–Kier alpha value is -1.33. The Kier molecular flexibility index (Phi) is 3.90. The van der Waals surface area contributed by atoms with E-state index in [1.165, 1.54) is 0 Å². The number of nitrogens with zero attached hydrogens (tertiary/aromatic N) is 2. The predicted octanol–water partition coefficient (Wildman–Crippen LogP) is 3.39. The number of ketones is 1. The van der Waals surface area contributed by atoms with Crippen LogP contribution < -0.4 is 0 Å². The standard InChI is InChI=1S/C23H32N2O3/c1-20-8-5-17(26)13-15(20)3-4-19-18(20)6-9-21(2)22(27,10-11-23(19,21)28)16-7-12-24-25-14-16/h7,12,14-15,18-19,27-28H,3-6,8-11,13H2,1-2H3/t15?,18-,19-,20+,21-,22?,23-/m1/s1. The van der Waals surface area contributed by atoms with Crippen molar-refractivity contribution < 1.29 is 15.0 Å². The number of fused-ring (bicyclic) bond motifs is 5. The molecular formula is C23H32N2O3. The summed E-state index contributed by atoms with van der Waals surface area (Å²) < 4.78 is 0. The average molecular weight is 385 g/mol. The highest BCUT2D eigenvalue weighted by molar-refractivity contribution is 5.79. The van der Waals surface area contributed by atoms with Gasteiger partial charge in [-0.05, 0) is 74.2 Å². The number of rotatable bonds is 1. The van der Waals surface area contributed by atoms with Crippen molar-refractivity contribution in [3.05, 3.63) is 24.0 Å². The van der Waals surface area contributed by atoms with E-state index in [2.05, 4.69) is 24.0 Å². The molecule has 0 bridgehead atoms. The number of hydrogen-bond acceptors (Lipinski definition) is 5. The molecule has 2 N–H and O–H groups in total. The van der Waals surface area contributed by atoms with Gasteiger partial charge in [-0.15, -0.1) is 0 Å². The Labute approximate surface area is 166 Å². The van der Waals surface area contributed by atoms with Crippen LogP contribution in [-0.2, 0) is 10.4 Å². The lowest BCUT2D eigenvalue weighted by Crippen LogP contribution is -2.64. The topological polar surface area (TPSA) is 83.3 Å². The van der Waals surface area contributed by atoms with E-state index in [0.29, 0.717) is 36.9 Å². The maximum atomic E-state index is 12.2. The fourth-order valence-electron chi connectivity index (χ4n) is 8.03. The van der Waals surface area contributed by atoms with Gasteiger partial charge in [-0.25, -0.2) is 0 Å². The first kappa shape index (κ1) is 18.7. The SMILES string of the molecule is C[C@]12CCC(=O)CC1CC[C@@H]1[C@H]2CC[C@]2(C)C(O)(c3ccnnc3)CC[C@@]12O. The number of Topliss-reactive ketones (excluding diaryl/α,β-unsaturated/α-hetero) is 1. The summed E-state index contributed by atoms with van der Waals surface area (Å²) in [7, 11) is 0. The van der Waals surface area contributed by atoms with E-state index in [1.54, 1.807) is 12.4 Å². The van der Waals surface area contributed by atoms with Crippen molar-refractivity contribution >= 4 is 5.78 Å². The molecule has 2 unspecified atom stereocenters. The number of carbonyl (C=O) groups is 1. The van der Waals surface area contributed by atoms with Crippen molar-refractivity contribution in [2.75, 3.05) is 0 Å². The van der Waals surface area contributed by atoms with Crippen LogP contribution in [0.2, 0.25) is 0 Å². The van der Waals surface area contributed by atoms with Crippen LogP contribution in [0.15, 0.2) is 18.5 Å². The van der Waals surface area contributed by atoms with Gasteiger partial charge in [-0.3, -0.25) is 4.79 Å². The van der Waals surface area contributed by atoms with E-state index in [-0.39, 0.29) is 11.3 Å². The van der Waals surface area contributed by atoms with Crippen LogP contribution in [0.4, 0.5) is 0 Å². The average Bonchev–Trinajstić information content (AvgIpc) is 2.91. The molecule has 0 spiro atoms. The largest absolute Gasteiger partial charge is 0.389 e. The summed E-state index contributed by atoms with van der Waals surface area (Å²) in [5, 5.41) is 31.9. The molecule has 5 heteroatoms. The summed E-state index contributed by atoms with van der Waals surface area (Å²) in [5.74, 6) is 1.52. The molecule has 4 aliphatic rings. The molecule has 4 aliphatic carbocycles. The fraction of sp³-hybridized carbons (Fsp3) is 0.783. The molecule has 5 rings (SSSR count). The molecule has 0 amide bonds. The maximum Gasteiger partial charge on any atom is 0.133 e. The molecule has 4 fully saturated rings. The summed E-state index contributed by atoms with van der Waals surface area (Å²) in [5.41, 5.74) is -1.60. The van der Waals surface area contributed by atoms with Gasteiger partial charge in [0.25, 0.3) is 0 Å². The van der Waals surface area contributed by atoms with Crippen LogP contribution in [0.25, 0.3) is 0 Å². The Balaban J connectivity index is 1.53. The van der Waals surface area contributed by atoms with E-state index < -0.39 is 16.6 Å². The molecule has 1 heterocycles. The minimum Gasteiger partial charge on any atom is -0.389 e. The maximum absolute atomic E-state index is 12.2. The zero-order chi connectivity index (χ0) is 19.8. The van der Waals surface area contributed by atoms with Gasteiger partial charge in [0.05, 0.1) is 17.4 Å². The van der Waals surface area contributed by atoms with Gasteiger partial charge in [0.15, 0.2) is 0 Å².